The Morgan fingerprint density at radius 2 is 1.76 bits per heavy atom. The molecule has 0 atom stereocenters. The quantitative estimate of drug-likeness (QED) is 0.363. The van der Waals surface area contributed by atoms with E-state index in [0.717, 1.165) is 58.4 Å². The molecule has 0 spiro atoms. The number of fused-ring (bicyclic) bond motifs is 1. The molecule has 1 fully saturated rings. The second-order valence-corrected chi connectivity index (χ2v) is 8.80. The van der Waals surface area contributed by atoms with Crippen molar-refractivity contribution in [3.8, 4) is 0 Å². The SMILES string of the molecule is Cc1c(Sc2ccc3[nH]ncc3c2)cc([C-]=O)n1C.Fc1cc(F)cc(N2CCCC2)c1.[Na+]. The van der Waals surface area contributed by atoms with E-state index >= 15 is 0 Å². The fraction of sp³-hybridized carbons (Fsp3) is 0.250. The third-order valence-electron chi connectivity index (χ3n) is 5.55. The fourth-order valence-electron chi connectivity index (χ4n) is 3.68. The molecule has 33 heavy (non-hydrogen) atoms. The number of hydrogen-bond donors (Lipinski definition) is 1. The van der Waals surface area contributed by atoms with Crippen LogP contribution >= 0.6 is 11.8 Å². The molecule has 0 aliphatic carbocycles. The molecule has 1 N–H and O–H groups in total. The normalized spacial score (nSPS) is 12.9. The summed E-state index contributed by atoms with van der Waals surface area (Å²) in [6, 6.07) is 11.7. The molecule has 9 heteroatoms. The number of rotatable bonds is 4. The van der Waals surface area contributed by atoms with Gasteiger partial charge in [-0.2, -0.15) is 11.2 Å². The summed E-state index contributed by atoms with van der Waals surface area (Å²) in [4.78, 5) is 15.0. The van der Waals surface area contributed by atoms with Crippen LogP contribution in [0.1, 0.15) is 24.2 Å². The summed E-state index contributed by atoms with van der Waals surface area (Å²) in [5.41, 5.74) is 3.33. The number of benzene rings is 2. The molecule has 2 aromatic carbocycles. The second kappa shape index (κ2) is 11.3. The molecule has 0 unspecified atom stereocenters. The van der Waals surface area contributed by atoms with Gasteiger partial charge in [0.1, 0.15) is 11.6 Å². The van der Waals surface area contributed by atoms with Crippen molar-refractivity contribution in [3.05, 3.63) is 71.7 Å². The predicted molar refractivity (Wildman–Crippen MR) is 123 cm³/mol. The van der Waals surface area contributed by atoms with Crippen molar-refractivity contribution in [1.29, 1.82) is 0 Å². The number of nitrogens with zero attached hydrogens (tertiary/aromatic N) is 3. The average Bonchev–Trinajstić information content (AvgIpc) is 3.51. The van der Waals surface area contributed by atoms with Crippen LogP contribution in [0.3, 0.4) is 0 Å². The number of halogens is 2. The van der Waals surface area contributed by atoms with Crippen LogP contribution in [0.25, 0.3) is 10.9 Å². The van der Waals surface area contributed by atoms with Crippen LogP contribution in [0.2, 0.25) is 0 Å². The van der Waals surface area contributed by atoms with Crippen LogP contribution in [0.15, 0.2) is 58.5 Å². The third-order valence-corrected chi connectivity index (χ3v) is 6.67. The first-order chi connectivity index (χ1) is 15.4. The van der Waals surface area contributed by atoms with E-state index in [9.17, 15) is 13.6 Å². The first-order valence-corrected chi connectivity index (χ1v) is 11.1. The topological polar surface area (TPSA) is 53.9 Å². The predicted octanol–water partition coefficient (Wildman–Crippen LogP) is 2.39. The molecule has 0 bridgehead atoms. The average molecular weight is 477 g/mol. The van der Waals surface area contributed by atoms with E-state index in [4.69, 9.17) is 0 Å². The molecule has 0 saturated carbocycles. The molecule has 0 amide bonds. The van der Waals surface area contributed by atoms with Gasteiger partial charge in [-0.3, -0.25) is 5.10 Å². The number of carbonyl (C=O) groups excluding carboxylic acids is 1. The van der Waals surface area contributed by atoms with Crippen molar-refractivity contribution >= 4 is 34.6 Å². The monoisotopic (exact) mass is 476 g/mol. The zero-order valence-electron chi connectivity index (χ0n) is 18.9. The van der Waals surface area contributed by atoms with Crippen molar-refractivity contribution in [3.63, 3.8) is 0 Å². The van der Waals surface area contributed by atoms with Crippen LogP contribution in [-0.4, -0.2) is 34.1 Å². The molecule has 0 radical (unpaired) electrons. The molecule has 5 rings (SSSR count). The van der Waals surface area contributed by atoms with Crippen LogP contribution in [0, 0.1) is 18.6 Å². The Labute approximate surface area is 217 Å². The first kappa shape index (κ1) is 25.5. The number of aromatic amines is 1. The summed E-state index contributed by atoms with van der Waals surface area (Å²) in [5.74, 6) is -0.996. The van der Waals surface area contributed by atoms with Gasteiger partial charge in [-0.15, -0.1) is 11.8 Å². The van der Waals surface area contributed by atoms with Gasteiger partial charge in [-0.05, 0) is 55.0 Å². The van der Waals surface area contributed by atoms with Gasteiger partial charge in [-0.25, -0.2) is 8.78 Å². The van der Waals surface area contributed by atoms with Gasteiger partial charge < -0.3 is 14.3 Å². The summed E-state index contributed by atoms with van der Waals surface area (Å²) >= 11 is 1.64. The molecule has 3 heterocycles. The second-order valence-electron chi connectivity index (χ2n) is 7.68. The molecule has 4 aromatic rings. The Balaban J connectivity index is 0.000000192. The minimum absolute atomic E-state index is 0. The van der Waals surface area contributed by atoms with Crippen molar-refractivity contribution in [1.82, 2.24) is 14.8 Å². The van der Waals surface area contributed by atoms with Gasteiger partial charge >= 0.3 is 29.6 Å². The summed E-state index contributed by atoms with van der Waals surface area (Å²) in [5, 5.41) is 8.02. The fourth-order valence-corrected chi connectivity index (χ4v) is 4.71. The van der Waals surface area contributed by atoms with Gasteiger partial charge in [0, 0.05) is 54.2 Å². The third kappa shape index (κ3) is 6.06. The van der Waals surface area contributed by atoms with Crippen LogP contribution in [-0.2, 0) is 11.8 Å². The van der Waals surface area contributed by atoms with Crippen molar-refractivity contribution < 1.29 is 43.1 Å². The number of nitrogens with one attached hydrogen (secondary N) is 1. The Morgan fingerprint density at radius 3 is 2.39 bits per heavy atom. The minimum Gasteiger partial charge on any atom is -0.417 e. The molecular formula is C24H23F2N4NaOS. The van der Waals surface area contributed by atoms with Crippen molar-refractivity contribution in [2.45, 2.75) is 29.6 Å². The molecule has 5 nitrogen and oxygen atoms in total. The summed E-state index contributed by atoms with van der Waals surface area (Å²) in [6.45, 7) is 3.81. The Bertz CT molecular complexity index is 1230. The maximum absolute atomic E-state index is 12.8. The van der Waals surface area contributed by atoms with Gasteiger partial charge in [0.05, 0.1) is 11.7 Å². The number of aromatic nitrogens is 3. The zero-order valence-corrected chi connectivity index (χ0v) is 21.7. The van der Waals surface area contributed by atoms with Crippen molar-refractivity contribution in [2.24, 2.45) is 7.05 Å². The summed E-state index contributed by atoms with van der Waals surface area (Å²) in [7, 11) is 1.87. The number of anilines is 1. The molecular weight excluding hydrogens is 453 g/mol. The smallest absolute Gasteiger partial charge is 0.417 e. The van der Waals surface area contributed by atoms with Crippen LogP contribution < -0.4 is 34.5 Å². The number of H-pyrrole nitrogens is 1. The van der Waals surface area contributed by atoms with Gasteiger partial charge in [0.25, 0.3) is 0 Å². The molecule has 2 aromatic heterocycles. The Hall–Kier alpha value is -2.13. The van der Waals surface area contributed by atoms with Crippen LogP contribution in [0.4, 0.5) is 14.5 Å². The largest absolute Gasteiger partial charge is 1.00 e. The van der Waals surface area contributed by atoms with Gasteiger partial charge in [0.2, 0.25) is 0 Å². The summed E-state index contributed by atoms with van der Waals surface area (Å²) in [6.07, 6.45) is 5.98. The standard InChI is InChI=1S/C14H12N3OS.C10H11F2N.Na/c1-9-14(6-11(8-18)17(9)2)19-12-3-4-13-10(5-12)7-15-16-13;11-8-5-9(12)7-10(6-8)13-3-1-2-4-13;/h3-7H,1-2H3,(H,15,16);5-7H,1-4H2;/q-1;;+1. The van der Waals surface area contributed by atoms with Crippen molar-refractivity contribution in [2.75, 3.05) is 18.0 Å². The minimum atomic E-state index is -0.498. The molecule has 1 aliphatic heterocycles. The molecule has 166 valence electrons. The van der Waals surface area contributed by atoms with E-state index in [1.807, 2.05) is 54.1 Å². The van der Waals surface area contributed by atoms with E-state index in [-0.39, 0.29) is 29.6 Å². The van der Waals surface area contributed by atoms with Gasteiger partial charge in [0.15, 0.2) is 0 Å². The first-order valence-electron chi connectivity index (χ1n) is 10.3. The van der Waals surface area contributed by atoms with E-state index in [1.54, 1.807) is 11.8 Å². The van der Waals surface area contributed by atoms with E-state index in [0.29, 0.717) is 11.4 Å². The maximum atomic E-state index is 12.8. The van der Waals surface area contributed by atoms with E-state index in [1.165, 1.54) is 12.1 Å². The van der Waals surface area contributed by atoms with Gasteiger partial charge in [-0.1, -0.05) is 5.69 Å². The Kier molecular flexibility index (Phi) is 8.75. The van der Waals surface area contributed by atoms with E-state index in [2.05, 4.69) is 16.3 Å². The van der Waals surface area contributed by atoms with E-state index < -0.39 is 11.6 Å². The molecule has 1 aliphatic rings. The maximum Gasteiger partial charge on any atom is 1.00 e. The van der Waals surface area contributed by atoms with Crippen LogP contribution in [0.5, 0.6) is 0 Å². The zero-order chi connectivity index (χ0) is 22.7. The Morgan fingerprint density at radius 1 is 1.06 bits per heavy atom. The number of hydrogen-bond acceptors (Lipinski definition) is 4. The summed E-state index contributed by atoms with van der Waals surface area (Å²) < 4.78 is 27.5. The molecule has 1 saturated heterocycles.